The summed E-state index contributed by atoms with van der Waals surface area (Å²) in [6.45, 7) is 0. The number of nitrogens with zero attached hydrogens (tertiary/aromatic N) is 2. The third-order valence-corrected chi connectivity index (χ3v) is 4.48. The summed E-state index contributed by atoms with van der Waals surface area (Å²) in [4.78, 5) is 12.4. The Kier molecular flexibility index (Phi) is 5.51. The van der Waals surface area contributed by atoms with Crippen LogP contribution in [0.1, 0.15) is 5.69 Å². The van der Waals surface area contributed by atoms with Crippen LogP contribution in [0.15, 0.2) is 66.4 Å². The minimum absolute atomic E-state index is 0.0696. The van der Waals surface area contributed by atoms with Gasteiger partial charge >= 0.3 is 0 Å². The lowest BCUT2D eigenvalue weighted by Gasteiger charge is -2.08. The number of amides is 1. The van der Waals surface area contributed by atoms with Crippen molar-refractivity contribution >= 4 is 40.9 Å². The average molecular weight is 398 g/mol. The first-order valence-corrected chi connectivity index (χ1v) is 8.58. The fourth-order valence-corrected chi connectivity index (χ4v) is 2.73. The number of nitriles is 1. The van der Waals surface area contributed by atoms with Gasteiger partial charge in [0, 0.05) is 23.3 Å². The Morgan fingerprint density at radius 1 is 1.11 bits per heavy atom. The van der Waals surface area contributed by atoms with Crippen molar-refractivity contribution in [1.82, 2.24) is 4.57 Å². The van der Waals surface area contributed by atoms with Gasteiger partial charge in [-0.1, -0.05) is 23.2 Å². The number of carbonyl (C=O) groups excluding carboxylic acids is 1. The molecule has 1 aromatic heterocycles. The van der Waals surface area contributed by atoms with Gasteiger partial charge in [-0.25, -0.2) is 0 Å². The molecular formula is C20H13Cl2N3O2. The van der Waals surface area contributed by atoms with Crippen molar-refractivity contribution in [3.63, 3.8) is 0 Å². The van der Waals surface area contributed by atoms with Crippen molar-refractivity contribution < 1.29 is 9.90 Å². The maximum absolute atomic E-state index is 12.4. The molecule has 2 aromatic carbocycles. The second-order valence-corrected chi connectivity index (χ2v) is 6.39. The number of hydrogen-bond acceptors (Lipinski definition) is 3. The molecule has 5 nitrogen and oxygen atoms in total. The molecule has 3 aromatic rings. The number of aromatic hydroxyl groups is 1. The number of benzene rings is 2. The van der Waals surface area contributed by atoms with Crippen LogP contribution < -0.4 is 5.32 Å². The summed E-state index contributed by atoms with van der Waals surface area (Å²) in [5.41, 5.74) is 1.79. The van der Waals surface area contributed by atoms with E-state index in [0.29, 0.717) is 21.4 Å². The van der Waals surface area contributed by atoms with Crippen LogP contribution in [-0.2, 0) is 4.79 Å². The summed E-state index contributed by atoms with van der Waals surface area (Å²) < 4.78 is 1.79. The highest BCUT2D eigenvalue weighted by molar-refractivity contribution is 6.42. The van der Waals surface area contributed by atoms with Gasteiger partial charge in [0.15, 0.2) is 0 Å². The van der Waals surface area contributed by atoms with Gasteiger partial charge in [0.25, 0.3) is 5.91 Å². The van der Waals surface area contributed by atoms with Crippen molar-refractivity contribution in [3.05, 3.63) is 82.1 Å². The minimum atomic E-state index is -0.561. The molecule has 0 fully saturated rings. The van der Waals surface area contributed by atoms with Crippen LogP contribution in [0.25, 0.3) is 11.8 Å². The number of hydrogen-bond donors (Lipinski definition) is 2. The highest BCUT2D eigenvalue weighted by atomic mass is 35.5. The smallest absolute Gasteiger partial charge is 0.266 e. The number of aromatic nitrogens is 1. The highest BCUT2D eigenvalue weighted by Crippen LogP contribution is 2.25. The van der Waals surface area contributed by atoms with Crippen LogP contribution in [-0.4, -0.2) is 15.6 Å². The molecule has 0 saturated heterocycles. The molecule has 7 heteroatoms. The zero-order valence-corrected chi connectivity index (χ0v) is 15.4. The Hall–Kier alpha value is -3.20. The SMILES string of the molecule is N#C/C(=C/c1cccn1-c1ccc(O)cc1)C(=O)Nc1ccc(Cl)c(Cl)c1. The molecule has 0 bridgehead atoms. The van der Waals surface area contributed by atoms with Crippen molar-refractivity contribution in [2.75, 3.05) is 5.32 Å². The Morgan fingerprint density at radius 2 is 1.85 bits per heavy atom. The first-order chi connectivity index (χ1) is 13.0. The molecule has 0 aliphatic rings. The normalized spacial score (nSPS) is 11.1. The third kappa shape index (κ3) is 4.32. The molecule has 2 N–H and O–H groups in total. The monoisotopic (exact) mass is 397 g/mol. The molecule has 1 heterocycles. The predicted octanol–water partition coefficient (Wildman–Crippen LogP) is 5.04. The topological polar surface area (TPSA) is 78.1 Å². The average Bonchev–Trinajstić information content (AvgIpc) is 3.11. The lowest BCUT2D eigenvalue weighted by atomic mass is 10.2. The molecule has 27 heavy (non-hydrogen) atoms. The molecular weight excluding hydrogens is 385 g/mol. The molecule has 1 amide bonds. The Morgan fingerprint density at radius 3 is 2.52 bits per heavy atom. The van der Waals surface area contributed by atoms with Gasteiger partial charge in [-0.2, -0.15) is 5.26 Å². The number of carbonyl (C=O) groups is 1. The zero-order chi connectivity index (χ0) is 19.4. The highest BCUT2D eigenvalue weighted by Gasteiger charge is 2.12. The van der Waals surface area contributed by atoms with E-state index in [9.17, 15) is 15.2 Å². The van der Waals surface area contributed by atoms with Gasteiger partial charge in [0.1, 0.15) is 17.4 Å². The first kappa shape index (κ1) is 18.6. The summed E-state index contributed by atoms with van der Waals surface area (Å²) in [6.07, 6.45) is 3.28. The summed E-state index contributed by atoms with van der Waals surface area (Å²) in [6, 6.07) is 16.7. The van der Waals surface area contributed by atoms with E-state index in [0.717, 1.165) is 5.69 Å². The molecule has 0 atom stereocenters. The molecule has 0 unspecified atom stereocenters. The lowest BCUT2D eigenvalue weighted by molar-refractivity contribution is -0.112. The van der Waals surface area contributed by atoms with Gasteiger partial charge < -0.3 is 15.0 Å². The van der Waals surface area contributed by atoms with E-state index in [1.807, 2.05) is 6.07 Å². The number of anilines is 1. The maximum atomic E-state index is 12.4. The Balaban J connectivity index is 1.87. The third-order valence-electron chi connectivity index (χ3n) is 3.74. The number of halogens is 2. The molecule has 0 saturated carbocycles. The largest absolute Gasteiger partial charge is 0.508 e. The Labute approximate surface area is 165 Å². The second kappa shape index (κ2) is 8.00. The molecule has 0 spiro atoms. The van der Waals surface area contributed by atoms with Gasteiger partial charge in [0.2, 0.25) is 0 Å². The van der Waals surface area contributed by atoms with E-state index < -0.39 is 5.91 Å². The van der Waals surface area contributed by atoms with Crippen LogP contribution in [0.2, 0.25) is 10.0 Å². The zero-order valence-electron chi connectivity index (χ0n) is 13.9. The van der Waals surface area contributed by atoms with Crippen molar-refractivity contribution in [1.29, 1.82) is 5.26 Å². The number of phenolic OH excluding ortho intramolecular Hbond substituents is 1. The van der Waals surface area contributed by atoms with Crippen molar-refractivity contribution in [2.45, 2.75) is 0 Å². The van der Waals surface area contributed by atoms with Crippen molar-refractivity contribution in [3.8, 4) is 17.5 Å². The van der Waals surface area contributed by atoms with Gasteiger partial charge in [0.05, 0.1) is 10.0 Å². The van der Waals surface area contributed by atoms with Crippen LogP contribution in [0, 0.1) is 11.3 Å². The van der Waals surface area contributed by atoms with E-state index in [1.54, 1.807) is 59.3 Å². The molecule has 3 rings (SSSR count). The number of phenols is 1. The first-order valence-electron chi connectivity index (χ1n) is 7.83. The van der Waals surface area contributed by atoms with Crippen LogP contribution in [0.4, 0.5) is 5.69 Å². The maximum Gasteiger partial charge on any atom is 0.266 e. The Bertz CT molecular complexity index is 1060. The van der Waals surface area contributed by atoms with Crippen LogP contribution >= 0.6 is 23.2 Å². The quantitative estimate of drug-likeness (QED) is 0.478. The van der Waals surface area contributed by atoms with Crippen LogP contribution in [0.3, 0.4) is 0 Å². The van der Waals surface area contributed by atoms with E-state index >= 15 is 0 Å². The fourth-order valence-electron chi connectivity index (χ4n) is 2.43. The summed E-state index contributed by atoms with van der Waals surface area (Å²) >= 11 is 11.8. The molecule has 134 valence electrons. The fraction of sp³-hybridized carbons (Fsp3) is 0. The summed E-state index contributed by atoms with van der Waals surface area (Å²) in [5, 5.41) is 22.1. The number of rotatable bonds is 4. The van der Waals surface area contributed by atoms with E-state index in [4.69, 9.17) is 23.2 Å². The minimum Gasteiger partial charge on any atom is -0.508 e. The standard InChI is InChI=1S/C20H13Cl2N3O2/c21-18-8-3-14(11-19(18)22)24-20(27)13(12-23)10-16-2-1-9-25(16)15-4-6-17(26)7-5-15/h1-11,26H,(H,24,27)/b13-10-. The van der Waals surface area contributed by atoms with Crippen molar-refractivity contribution in [2.24, 2.45) is 0 Å². The van der Waals surface area contributed by atoms with E-state index in [1.165, 1.54) is 12.1 Å². The summed E-state index contributed by atoms with van der Waals surface area (Å²) in [7, 11) is 0. The molecule has 0 radical (unpaired) electrons. The van der Waals surface area contributed by atoms with Gasteiger partial charge in [-0.05, 0) is 60.7 Å². The van der Waals surface area contributed by atoms with E-state index in [2.05, 4.69) is 5.32 Å². The summed E-state index contributed by atoms with van der Waals surface area (Å²) in [5.74, 6) is -0.406. The van der Waals surface area contributed by atoms with Crippen LogP contribution in [0.5, 0.6) is 5.75 Å². The second-order valence-electron chi connectivity index (χ2n) is 5.57. The molecule has 0 aliphatic heterocycles. The lowest BCUT2D eigenvalue weighted by Crippen LogP contribution is -2.13. The van der Waals surface area contributed by atoms with Gasteiger partial charge in [-0.15, -0.1) is 0 Å². The number of nitrogens with one attached hydrogen (secondary N) is 1. The van der Waals surface area contributed by atoms with Gasteiger partial charge in [-0.3, -0.25) is 4.79 Å². The predicted molar refractivity (Wildman–Crippen MR) is 106 cm³/mol. The molecule has 0 aliphatic carbocycles. The van der Waals surface area contributed by atoms with E-state index in [-0.39, 0.29) is 11.3 Å².